The van der Waals surface area contributed by atoms with Crippen LogP contribution in [0.1, 0.15) is 47.0 Å². The molecule has 0 aliphatic carbocycles. The summed E-state index contributed by atoms with van der Waals surface area (Å²) >= 11 is 3.94. The number of rotatable bonds is 14. The Morgan fingerprint density at radius 2 is 1.45 bits per heavy atom. The van der Waals surface area contributed by atoms with E-state index in [2.05, 4.69) is 28.6 Å². The summed E-state index contributed by atoms with van der Waals surface area (Å²) in [6, 6.07) is -4.79. The highest BCUT2D eigenvalue weighted by molar-refractivity contribution is 7.80. The van der Waals surface area contributed by atoms with E-state index in [0.29, 0.717) is 6.42 Å². The highest BCUT2D eigenvalue weighted by Gasteiger charge is 2.33. The van der Waals surface area contributed by atoms with Crippen molar-refractivity contribution < 1.29 is 34.2 Å². The van der Waals surface area contributed by atoms with Gasteiger partial charge in [0.15, 0.2) is 0 Å². The summed E-state index contributed by atoms with van der Waals surface area (Å²) in [6.07, 6.45) is -0.134. The SMILES string of the molecule is CCC(C)C(NC(=O)C(N)CS)C(=O)NC(CC(=O)O)C(=O)NC(CC(C)C)C(=O)O. The Balaban J connectivity index is 5.54. The fraction of sp³-hybridized carbons (Fsp3) is 0.737. The van der Waals surface area contributed by atoms with Crippen LogP contribution >= 0.6 is 12.6 Å². The lowest BCUT2D eigenvalue weighted by atomic mass is 9.97. The van der Waals surface area contributed by atoms with Gasteiger partial charge in [0, 0.05) is 5.75 Å². The van der Waals surface area contributed by atoms with Gasteiger partial charge in [-0.15, -0.1) is 0 Å². The van der Waals surface area contributed by atoms with E-state index in [9.17, 15) is 29.1 Å². The maximum absolute atomic E-state index is 12.8. The molecule has 0 aromatic carbocycles. The molecule has 0 rings (SSSR count). The maximum atomic E-state index is 12.8. The summed E-state index contributed by atoms with van der Waals surface area (Å²) in [5.41, 5.74) is 5.63. The molecule has 0 aliphatic rings. The molecule has 0 aromatic heterocycles. The molecule has 0 aromatic rings. The summed E-state index contributed by atoms with van der Waals surface area (Å²) in [7, 11) is 0. The number of carboxylic acids is 2. The minimum absolute atomic E-state index is 0.0463. The van der Waals surface area contributed by atoms with Gasteiger partial charge in [0.05, 0.1) is 12.5 Å². The van der Waals surface area contributed by atoms with E-state index in [1.165, 1.54) is 0 Å². The monoisotopic (exact) mass is 462 g/mol. The zero-order valence-electron chi connectivity index (χ0n) is 18.3. The molecule has 0 spiro atoms. The molecule has 0 bridgehead atoms. The molecule has 3 amide bonds. The Morgan fingerprint density at radius 3 is 1.87 bits per heavy atom. The quantitative estimate of drug-likeness (QED) is 0.166. The Kier molecular flexibility index (Phi) is 12.8. The zero-order chi connectivity index (χ0) is 24.3. The molecular weight excluding hydrogens is 428 g/mol. The van der Waals surface area contributed by atoms with Crippen LogP contribution in [0.4, 0.5) is 0 Å². The first-order valence-electron chi connectivity index (χ1n) is 10.1. The van der Waals surface area contributed by atoms with Gasteiger partial charge in [0.1, 0.15) is 18.1 Å². The molecule has 12 heteroatoms. The third-order valence-corrected chi connectivity index (χ3v) is 5.05. The third-order valence-electron chi connectivity index (χ3n) is 4.66. The second-order valence-electron chi connectivity index (χ2n) is 7.85. The Bertz CT molecular complexity index is 659. The van der Waals surface area contributed by atoms with Crippen molar-refractivity contribution in [1.82, 2.24) is 16.0 Å². The van der Waals surface area contributed by atoms with Crippen LogP contribution in [0, 0.1) is 11.8 Å². The average Bonchev–Trinajstić information content (AvgIpc) is 2.68. The molecule has 11 nitrogen and oxygen atoms in total. The Morgan fingerprint density at radius 1 is 0.903 bits per heavy atom. The van der Waals surface area contributed by atoms with Crippen molar-refractivity contribution in [2.24, 2.45) is 17.6 Å². The predicted octanol–water partition coefficient (Wildman–Crippen LogP) is -0.651. The molecule has 0 saturated carbocycles. The van der Waals surface area contributed by atoms with Gasteiger partial charge in [0.25, 0.3) is 0 Å². The zero-order valence-corrected chi connectivity index (χ0v) is 19.1. The number of amides is 3. The summed E-state index contributed by atoms with van der Waals surface area (Å²) in [6.45, 7) is 7.04. The standard InChI is InChI=1S/C19H34N4O7S/c1-5-10(4)15(23-16(26)11(20)8-31)18(28)21-12(7-14(24)25)17(27)22-13(19(29)30)6-9(2)3/h9-13,15,31H,5-8,20H2,1-4H3,(H,21,28)(H,22,27)(H,23,26)(H,24,25)(H,29,30). The smallest absolute Gasteiger partial charge is 0.326 e. The van der Waals surface area contributed by atoms with Crippen LogP contribution in [-0.4, -0.2) is 69.8 Å². The van der Waals surface area contributed by atoms with E-state index in [4.69, 9.17) is 10.8 Å². The normalized spacial score (nSPS) is 15.8. The average molecular weight is 463 g/mol. The van der Waals surface area contributed by atoms with Crippen LogP contribution in [0.2, 0.25) is 0 Å². The number of nitrogens with one attached hydrogen (secondary N) is 3. The highest BCUT2D eigenvalue weighted by Crippen LogP contribution is 2.10. The summed E-state index contributed by atoms with van der Waals surface area (Å²) in [4.78, 5) is 60.1. The van der Waals surface area contributed by atoms with E-state index in [1.807, 2.05) is 0 Å². The fourth-order valence-corrected chi connectivity index (χ4v) is 2.82. The van der Waals surface area contributed by atoms with Gasteiger partial charge in [-0.05, 0) is 18.3 Å². The molecule has 31 heavy (non-hydrogen) atoms. The van der Waals surface area contributed by atoms with Gasteiger partial charge in [-0.25, -0.2) is 4.79 Å². The lowest BCUT2D eigenvalue weighted by Crippen LogP contribution is -2.59. The van der Waals surface area contributed by atoms with E-state index < -0.39 is 60.2 Å². The molecule has 7 N–H and O–H groups in total. The van der Waals surface area contributed by atoms with Gasteiger partial charge >= 0.3 is 11.9 Å². The summed E-state index contributed by atoms with van der Waals surface area (Å²) < 4.78 is 0. The Labute approximate surface area is 187 Å². The minimum atomic E-state index is -1.53. The number of hydrogen-bond donors (Lipinski definition) is 7. The topological polar surface area (TPSA) is 188 Å². The molecule has 0 heterocycles. The van der Waals surface area contributed by atoms with Crippen molar-refractivity contribution in [1.29, 1.82) is 0 Å². The molecule has 0 radical (unpaired) electrons. The van der Waals surface area contributed by atoms with Gasteiger partial charge < -0.3 is 31.9 Å². The van der Waals surface area contributed by atoms with Gasteiger partial charge in [0.2, 0.25) is 17.7 Å². The van der Waals surface area contributed by atoms with Gasteiger partial charge in [-0.2, -0.15) is 12.6 Å². The van der Waals surface area contributed by atoms with Crippen LogP contribution in [0.5, 0.6) is 0 Å². The van der Waals surface area contributed by atoms with Crippen LogP contribution in [-0.2, 0) is 24.0 Å². The van der Waals surface area contributed by atoms with Crippen molar-refractivity contribution in [3.05, 3.63) is 0 Å². The van der Waals surface area contributed by atoms with Crippen LogP contribution < -0.4 is 21.7 Å². The van der Waals surface area contributed by atoms with Crippen molar-refractivity contribution in [3.8, 4) is 0 Å². The number of nitrogens with two attached hydrogens (primary N) is 1. The van der Waals surface area contributed by atoms with E-state index in [1.54, 1.807) is 27.7 Å². The van der Waals surface area contributed by atoms with E-state index >= 15 is 0 Å². The van der Waals surface area contributed by atoms with Gasteiger partial charge in [-0.1, -0.05) is 34.1 Å². The molecule has 0 fully saturated rings. The third kappa shape index (κ3) is 10.5. The van der Waals surface area contributed by atoms with Crippen LogP contribution in [0.15, 0.2) is 0 Å². The van der Waals surface area contributed by atoms with E-state index in [-0.39, 0.29) is 24.0 Å². The first-order valence-corrected chi connectivity index (χ1v) is 10.7. The molecular formula is C19H34N4O7S. The lowest BCUT2D eigenvalue weighted by Gasteiger charge is -2.27. The number of carboxylic acid groups (broad SMARTS) is 2. The number of thiol groups is 1. The van der Waals surface area contributed by atoms with Crippen molar-refractivity contribution >= 4 is 42.3 Å². The first kappa shape index (κ1) is 28.7. The number of carbonyl (C=O) groups is 5. The van der Waals surface area contributed by atoms with Crippen molar-refractivity contribution in [2.75, 3.05) is 5.75 Å². The molecule has 5 unspecified atom stereocenters. The minimum Gasteiger partial charge on any atom is -0.481 e. The fourth-order valence-electron chi connectivity index (χ4n) is 2.66. The second-order valence-corrected chi connectivity index (χ2v) is 8.21. The molecule has 0 saturated heterocycles. The molecule has 178 valence electrons. The lowest BCUT2D eigenvalue weighted by molar-refractivity contribution is -0.144. The number of aliphatic carboxylic acids is 2. The molecule has 5 atom stereocenters. The van der Waals surface area contributed by atoms with E-state index in [0.717, 1.165) is 0 Å². The second kappa shape index (κ2) is 13.9. The van der Waals surface area contributed by atoms with Crippen LogP contribution in [0.3, 0.4) is 0 Å². The van der Waals surface area contributed by atoms with Crippen molar-refractivity contribution in [3.63, 3.8) is 0 Å². The summed E-state index contributed by atoms with van der Waals surface area (Å²) in [5, 5.41) is 25.5. The summed E-state index contributed by atoms with van der Waals surface area (Å²) in [5.74, 6) is -5.30. The maximum Gasteiger partial charge on any atom is 0.326 e. The molecule has 0 aliphatic heterocycles. The first-order chi connectivity index (χ1) is 14.3. The number of carbonyl (C=O) groups excluding carboxylic acids is 3. The predicted molar refractivity (Wildman–Crippen MR) is 116 cm³/mol. The number of hydrogen-bond acceptors (Lipinski definition) is 7. The highest BCUT2D eigenvalue weighted by atomic mass is 32.1. The van der Waals surface area contributed by atoms with Crippen LogP contribution in [0.25, 0.3) is 0 Å². The van der Waals surface area contributed by atoms with Crippen molar-refractivity contribution in [2.45, 2.75) is 71.1 Å². The largest absolute Gasteiger partial charge is 0.481 e. The van der Waals surface area contributed by atoms with Gasteiger partial charge in [-0.3, -0.25) is 19.2 Å². The Hall–Kier alpha value is -2.34.